The van der Waals surface area contributed by atoms with Crippen LogP contribution in [-0.4, -0.2) is 24.3 Å². The van der Waals surface area contributed by atoms with Crippen LogP contribution in [-0.2, 0) is 16.0 Å². The van der Waals surface area contributed by atoms with Crippen molar-refractivity contribution in [1.82, 2.24) is 0 Å². The van der Waals surface area contributed by atoms with Crippen molar-refractivity contribution in [1.29, 1.82) is 0 Å². The molecular weight excluding hydrogens is 304 g/mol. The second-order valence-corrected chi connectivity index (χ2v) is 4.93. The van der Waals surface area contributed by atoms with Crippen LogP contribution >= 0.6 is 0 Å². The topological polar surface area (TPSA) is 107 Å². The number of aliphatic hydroxyl groups is 1. The van der Waals surface area contributed by atoms with Gasteiger partial charge in [0.05, 0.1) is 12.5 Å². The monoisotopic (exact) mass is 316 g/mol. The van der Waals surface area contributed by atoms with Crippen LogP contribution in [0.4, 0.5) is 0 Å². The molecule has 0 saturated heterocycles. The van der Waals surface area contributed by atoms with Gasteiger partial charge >= 0.3 is 17.2 Å². The molecule has 0 spiro atoms. The van der Waals surface area contributed by atoms with Crippen molar-refractivity contribution in [3.8, 4) is 0 Å². The Hall–Kier alpha value is -2.93. The van der Waals surface area contributed by atoms with E-state index in [0.29, 0.717) is 11.0 Å². The van der Waals surface area contributed by atoms with Crippen molar-refractivity contribution in [2.24, 2.45) is 0 Å². The first-order valence-corrected chi connectivity index (χ1v) is 6.75. The van der Waals surface area contributed by atoms with Crippen molar-refractivity contribution in [2.45, 2.75) is 12.5 Å². The fourth-order valence-corrected chi connectivity index (χ4v) is 2.33. The largest absolute Gasteiger partial charge is 0.467 e. The summed E-state index contributed by atoms with van der Waals surface area (Å²) in [6.45, 7) is 0. The first kappa shape index (κ1) is 15.0. The summed E-state index contributed by atoms with van der Waals surface area (Å²) in [5.74, 6) is -0.880. The number of hydrogen-bond donors (Lipinski definition) is 1. The molecule has 0 radical (unpaired) electrons. The number of hydrogen-bond acceptors (Lipinski definition) is 7. The molecule has 0 aliphatic rings. The zero-order chi connectivity index (χ0) is 16.6. The SMILES string of the molecule is COC(=O)[C@@H](O)Cc1cc2c(=O)oc3ccccc3c2oc1=O. The maximum absolute atomic E-state index is 12.1. The van der Waals surface area contributed by atoms with Gasteiger partial charge in [0.1, 0.15) is 11.0 Å². The molecule has 0 unspecified atom stereocenters. The molecule has 0 fully saturated rings. The molecule has 0 amide bonds. The van der Waals surface area contributed by atoms with Gasteiger partial charge in [-0.1, -0.05) is 12.1 Å². The maximum atomic E-state index is 12.1. The fraction of sp³-hybridized carbons (Fsp3) is 0.188. The highest BCUT2D eigenvalue weighted by molar-refractivity contribution is 6.00. The molecule has 2 heterocycles. The minimum Gasteiger partial charge on any atom is -0.467 e. The van der Waals surface area contributed by atoms with Crippen LogP contribution < -0.4 is 11.3 Å². The average molecular weight is 316 g/mol. The van der Waals surface area contributed by atoms with E-state index in [1.54, 1.807) is 24.3 Å². The molecule has 0 aliphatic carbocycles. The maximum Gasteiger partial charge on any atom is 0.347 e. The highest BCUT2D eigenvalue weighted by Crippen LogP contribution is 2.22. The lowest BCUT2D eigenvalue weighted by molar-refractivity contribution is -0.150. The lowest BCUT2D eigenvalue weighted by Gasteiger charge is -2.08. The van der Waals surface area contributed by atoms with Gasteiger partial charge in [-0.25, -0.2) is 14.4 Å². The van der Waals surface area contributed by atoms with E-state index in [9.17, 15) is 19.5 Å². The molecule has 7 nitrogen and oxygen atoms in total. The second kappa shape index (κ2) is 5.69. The third kappa shape index (κ3) is 2.62. The number of fused-ring (bicyclic) bond motifs is 3. The van der Waals surface area contributed by atoms with E-state index in [-0.39, 0.29) is 23.0 Å². The number of para-hydroxylation sites is 1. The van der Waals surface area contributed by atoms with E-state index in [1.165, 1.54) is 6.07 Å². The molecule has 1 N–H and O–H groups in total. The molecular formula is C16H12O7. The first-order chi connectivity index (χ1) is 11.0. The molecule has 1 aromatic carbocycles. The summed E-state index contributed by atoms with van der Waals surface area (Å²) in [6.07, 6.45) is -1.84. The van der Waals surface area contributed by atoms with Gasteiger partial charge in [-0.15, -0.1) is 0 Å². The van der Waals surface area contributed by atoms with E-state index >= 15 is 0 Å². The predicted octanol–water partition coefficient (Wildman–Crippen LogP) is 0.976. The minimum atomic E-state index is -1.52. The van der Waals surface area contributed by atoms with Gasteiger partial charge in [0.15, 0.2) is 11.7 Å². The van der Waals surface area contributed by atoms with Crippen molar-refractivity contribution in [3.05, 3.63) is 56.7 Å². The van der Waals surface area contributed by atoms with Gasteiger partial charge in [-0.2, -0.15) is 0 Å². The van der Waals surface area contributed by atoms with Crippen LogP contribution in [0.1, 0.15) is 5.56 Å². The number of esters is 1. The van der Waals surface area contributed by atoms with E-state index in [2.05, 4.69) is 4.74 Å². The minimum absolute atomic E-state index is 0.0158. The van der Waals surface area contributed by atoms with Gasteiger partial charge < -0.3 is 18.7 Å². The van der Waals surface area contributed by atoms with Crippen molar-refractivity contribution in [2.75, 3.05) is 7.11 Å². The number of benzene rings is 1. The number of carbonyl (C=O) groups excluding carboxylic acids is 1. The van der Waals surface area contributed by atoms with Gasteiger partial charge in [0.2, 0.25) is 0 Å². The smallest absolute Gasteiger partial charge is 0.347 e. The molecule has 3 rings (SSSR count). The summed E-state index contributed by atoms with van der Waals surface area (Å²) >= 11 is 0. The second-order valence-electron chi connectivity index (χ2n) is 4.93. The van der Waals surface area contributed by atoms with E-state index < -0.39 is 23.3 Å². The van der Waals surface area contributed by atoms with Crippen LogP contribution in [0, 0.1) is 0 Å². The normalized spacial score (nSPS) is 12.4. The molecule has 0 bridgehead atoms. The summed E-state index contributed by atoms with van der Waals surface area (Å²) in [5.41, 5.74) is -1.01. The highest BCUT2D eigenvalue weighted by Gasteiger charge is 2.20. The van der Waals surface area contributed by atoms with Gasteiger partial charge in [0, 0.05) is 12.0 Å². The standard InChI is InChI=1S/C16H12O7/c1-21-16(20)11(17)7-8-6-10-13(23-14(8)18)9-4-2-3-5-12(9)22-15(10)19/h2-6,11,17H,7H2,1H3/t11-/m0/s1. The Morgan fingerprint density at radius 1 is 1.17 bits per heavy atom. The fourth-order valence-electron chi connectivity index (χ4n) is 2.33. The third-order valence-electron chi connectivity index (χ3n) is 3.46. The Bertz CT molecular complexity index is 1010. The zero-order valence-corrected chi connectivity index (χ0v) is 12.1. The Morgan fingerprint density at radius 2 is 1.91 bits per heavy atom. The summed E-state index contributed by atoms with van der Waals surface area (Å²) in [6, 6.07) is 7.93. The van der Waals surface area contributed by atoms with Crippen LogP contribution in [0.2, 0.25) is 0 Å². The first-order valence-electron chi connectivity index (χ1n) is 6.75. The Morgan fingerprint density at radius 3 is 2.65 bits per heavy atom. The average Bonchev–Trinajstić information content (AvgIpc) is 2.55. The Kier molecular flexibility index (Phi) is 3.71. The zero-order valence-electron chi connectivity index (χ0n) is 12.1. The third-order valence-corrected chi connectivity index (χ3v) is 3.46. The Balaban J connectivity index is 2.21. The number of carbonyl (C=O) groups is 1. The molecule has 2 aromatic heterocycles. The summed E-state index contributed by atoms with van der Waals surface area (Å²) in [7, 11) is 1.12. The van der Waals surface area contributed by atoms with E-state index in [4.69, 9.17) is 8.83 Å². The van der Waals surface area contributed by atoms with Crippen molar-refractivity contribution in [3.63, 3.8) is 0 Å². The molecule has 3 aromatic rings. The lowest BCUT2D eigenvalue weighted by atomic mass is 10.1. The molecule has 118 valence electrons. The number of ether oxygens (including phenoxy) is 1. The molecule has 0 saturated carbocycles. The Labute approximate surface area is 128 Å². The summed E-state index contributed by atoms with van der Waals surface area (Å²) < 4.78 is 14.8. The van der Waals surface area contributed by atoms with E-state index in [1.807, 2.05) is 0 Å². The number of methoxy groups -OCH3 is 1. The molecule has 23 heavy (non-hydrogen) atoms. The van der Waals surface area contributed by atoms with Crippen LogP contribution in [0.15, 0.2) is 48.8 Å². The van der Waals surface area contributed by atoms with Crippen LogP contribution in [0.5, 0.6) is 0 Å². The van der Waals surface area contributed by atoms with Crippen molar-refractivity contribution >= 4 is 27.9 Å². The van der Waals surface area contributed by atoms with Gasteiger partial charge in [0.25, 0.3) is 0 Å². The summed E-state index contributed by atoms with van der Waals surface area (Å²) in [5, 5.41) is 10.2. The summed E-state index contributed by atoms with van der Waals surface area (Å²) in [4.78, 5) is 35.4. The van der Waals surface area contributed by atoms with Gasteiger partial charge in [-0.05, 0) is 18.2 Å². The van der Waals surface area contributed by atoms with Crippen molar-refractivity contribution < 1.29 is 23.5 Å². The molecule has 0 aliphatic heterocycles. The number of aliphatic hydroxyl groups excluding tert-OH is 1. The lowest BCUT2D eigenvalue weighted by Crippen LogP contribution is -2.26. The highest BCUT2D eigenvalue weighted by atomic mass is 16.5. The van der Waals surface area contributed by atoms with Crippen LogP contribution in [0.3, 0.4) is 0 Å². The molecule has 7 heteroatoms. The predicted molar refractivity (Wildman–Crippen MR) is 80.3 cm³/mol. The van der Waals surface area contributed by atoms with Gasteiger partial charge in [-0.3, -0.25) is 0 Å². The number of rotatable bonds is 3. The molecule has 1 atom stereocenters. The van der Waals surface area contributed by atoms with Crippen LogP contribution in [0.25, 0.3) is 21.9 Å². The quantitative estimate of drug-likeness (QED) is 0.436. The van der Waals surface area contributed by atoms with E-state index in [0.717, 1.165) is 7.11 Å².